The van der Waals surface area contributed by atoms with Gasteiger partial charge in [-0.3, -0.25) is 9.62 Å². The number of benzene rings is 2. The molecule has 4 rings (SSSR count). The van der Waals surface area contributed by atoms with E-state index in [1.807, 2.05) is 11.9 Å². The minimum Gasteiger partial charge on any atom is -0.369 e. The highest BCUT2D eigenvalue weighted by molar-refractivity contribution is 7.93. The van der Waals surface area contributed by atoms with E-state index in [0.717, 1.165) is 30.6 Å². The number of likely N-dealkylation sites (tertiary alicyclic amines) is 1. The molecule has 0 bridgehead atoms. The molecule has 1 N–H and O–H groups in total. The number of nitrogens with zero attached hydrogens (tertiary/aromatic N) is 4. The van der Waals surface area contributed by atoms with Crippen molar-refractivity contribution in [3.05, 3.63) is 64.9 Å². The molecular formula is C20H20ClF2N5O2S2. The molecule has 32 heavy (non-hydrogen) atoms. The molecular weight excluding hydrogens is 480 g/mol. The maximum atomic E-state index is 13.5. The van der Waals surface area contributed by atoms with Crippen LogP contribution in [0.15, 0.2) is 47.6 Å². The number of anilines is 2. The molecule has 3 aromatic rings. The van der Waals surface area contributed by atoms with Gasteiger partial charge in [-0.15, -0.1) is 0 Å². The molecule has 1 saturated heterocycles. The Balaban J connectivity index is 1.43. The zero-order valence-corrected chi connectivity index (χ0v) is 19.4. The van der Waals surface area contributed by atoms with Crippen molar-refractivity contribution in [1.82, 2.24) is 14.3 Å². The first kappa shape index (κ1) is 22.8. The highest BCUT2D eigenvalue weighted by Gasteiger charge is 2.28. The van der Waals surface area contributed by atoms with Gasteiger partial charge in [0.1, 0.15) is 18.0 Å². The van der Waals surface area contributed by atoms with Crippen LogP contribution in [0.3, 0.4) is 0 Å². The van der Waals surface area contributed by atoms with Gasteiger partial charge in [-0.1, -0.05) is 11.6 Å². The van der Waals surface area contributed by atoms with E-state index in [1.54, 1.807) is 6.07 Å². The predicted octanol–water partition coefficient (Wildman–Crippen LogP) is 3.98. The van der Waals surface area contributed by atoms with E-state index >= 15 is 0 Å². The second-order valence-corrected chi connectivity index (χ2v) is 10.4. The first-order valence-corrected chi connectivity index (χ1v) is 12.3. The molecule has 1 atom stereocenters. The summed E-state index contributed by atoms with van der Waals surface area (Å²) in [6.07, 6.45) is 2.10. The summed E-state index contributed by atoms with van der Waals surface area (Å²) in [5.41, 5.74) is 1.28. The Kier molecular flexibility index (Phi) is 6.61. The van der Waals surface area contributed by atoms with Crippen LogP contribution >= 0.6 is 23.1 Å². The zero-order valence-electron chi connectivity index (χ0n) is 17.0. The van der Waals surface area contributed by atoms with E-state index in [-0.39, 0.29) is 16.1 Å². The Labute approximate surface area is 193 Å². The highest BCUT2D eigenvalue weighted by Crippen LogP contribution is 2.32. The number of likely N-dealkylation sites (N-methyl/N-ethyl adjacent to an activating group) is 1. The Hall–Kier alpha value is -2.34. The summed E-state index contributed by atoms with van der Waals surface area (Å²) in [5, 5.41) is 0.477. The summed E-state index contributed by atoms with van der Waals surface area (Å²) in [4.78, 5) is 7.97. The molecule has 1 fully saturated rings. The molecule has 1 aliphatic rings. The van der Waals surface area contributed by atoms with Gasteiger partial charge in [-0.25, -0.2) is 22.2 Å². The third-order valence-corrected chi connectivity index (χ3v) is 7.66. The van der Waals surface area contributed by atoms with Crippen LogP contribution in [-0.4, -0.2) is 48.9 Å². The van der Waals surface area contributed by atoms with E-state index in [1.165, 1.54) is 30.6 Å². The number of aromatic nitrogens is 2. The van der Waals surface area contributed by atoms with Crippen LogP contribution < -0.4 is 9.62 Å². The first-order chi connectivity index (χ1) is 15.2. The number of rotatable bonds is 7. The maximum Gasteiger partial charge on any atom is 0.263 e. The Bertz CT molecular complexity index is 1190. The first-order valence-electron chi connectivity index (χ1n) is 9.70. The van der Waals surface area contributed by atoms with Crippen molar-refractivity contribution in [1.29, 1.82) is 0 Å². The number of sulfonamides is 1. The Morgan fingerprint density at radius 1 is 1.25 bits per heavy atom. The summed E-state index contributed by atoms with van der Waals surface area (Å²) in [5.74, 6) is -1.18. The van der Waals surface area contributed by atoms with Gasteiger partial charge in [-0.2, -0.15) is 4.37 Å². The molecule has 1 aromatic heterocycles. The maximum absolute atomic E-state index is 13.5. The average molecular weight is 500 g/mol. The molecule has 2 heterocycles. The smallest absolute Gasteiger partial charge is 0.263 e. The number of hydrogen-bond acceptors (Lipinski definition) is 7. The normalized spacial score (nSPS) is 16.9. The molecule has 2 aromatic carbocycles. The summed E-state index contributed by atoms with van der Waals surface area (Å²) in [7, 11) is -1.94. The third kappa shape index (κ3) is 5.17. The van der Waals surface area contributed by atoms with E-state index in [2.05, 4.69) is 19.0 Å². The van der Waals surface area contributed by atoms with Gasteiger partial charge in [0.05, 0.1) is 15.6 Å². The van der Waals surface area contributed by atoms with Crippen molar-refractivity contribution >= 4 is 44.0 Å². The van der Waals surface area contributed by atoms with E-state index < -0.39 is 21.7 Å². The Morgan fingerprint density at radius 3 is 2.66 bits per heavy atom. The second kappa shape index (κ2) is 9.26. The largest absolute Gasteiger partial charge is 0.369 e. The van der Waals surface area contributed by atoms with E-state index in [0.29, 0.717) is 29.4 Å². The second-order valence-electron chi connectivity index (χ2n) is 7.53. The SMILES string of the molecule is CN(c1ccc(S(=O)(=O)Nc2ncns2)cc1Cl)[C@H]1CCN(Cc2cc(F)cc(F)c2)C1. The number of halogens is 3. The van der Waals surface area contributed by atoms with Crippen molar-refractivity contribution in [2.24, 2.45) is 0 Å². The molecule has 0 spiro atoms. The van der Waals surface area contributed by atoms with Gasteiger partial charge < -0.3 is 4.90 Å². The predicted molar refractivity (Wildman–Crippen MR) is 121 cm³/mol. The quantitative estimate of drug-likeness (QED) is 0.530. The van der Waals surface area contributed by atoms with E-state index in [9.17, 15) is 17.2 Å². The molecule has 12 heteroatoms. The van der Waals surface area contributed by atoms with Crippen LogP contribution in [0.1, 0.15) is 12.0 Å². The fourth-order valence-corrected chi connectivity index (χ4v) is 5.83. The van der Waals surface area contributed by atoms with Gasteiger partial charge >= 0.3 is 0 Å². The number of hydrogen-bond donors (Lipinski definition) is 1. The van der Waals surface area contributed by atoms with Gasteiger partial charge in [-0.05, 0) is 42.3 Å². The van der Waals surface area contributed by atoms with Crippen LogP contribution in [0.4, 0.5) is 19.6 Å². The van der Waals surface area contributed by atoms with Crippen molar-refractivity contribution < 1.29 is 17.2 Å². The van der Waals surface area contributed by atoms with Crippen molar-refractivity contribution in [2.75, 3.05) is 29.8 Å². The summed E-state index contributed by atoms with van der Waals surface area (Å²) in [6, 6.07) is 8.22. The lowest BCUT2D eigenvalue weighted by Gasteiger charge is -2.28. The molecule has 0 aliphatic carbocycles. The highest BCUT2D eigenvalue weighted by atomic mass is 35.5. The van der Waals surface area contributed by atoms with Gasteiger partial charge in [0.2, 0.25) is 5.13 Å². The third-order valence-electron chi connectivity index (χ3n) is 5.32. The topological polar surface area (TPSA) is 78.4 Å². The van der Waals surface area contributed by atoms with Crippen LogP contribution in [0.2, 0.25) is 5.02 Å². The minimum atomic E-state index is -3.83. The standard InChI is InChI=1S/C20H20ClF2N5O2S2/c1-27(16-4-5-28(11-16)10-13-6-14(22)8-15(23)7-13)19-3-2-17(9-18(19)21)32(29,30)26-20-24-12-25-31-20/h2-3,6-9,12,16H,4-5,10-11H2,1H3,(H,24,25,26)/t16-/m0/s1. The van der Waals surface area contributed by atoms with Gasteiger partial charge in [0.15, 0.2) is 0 Å². The molecule has 7 nitrogen and oxygen atoms in total. The average Bonchev–Trinajstić information content (AvgIpc) is 3.38. The lowest BCUT2D eigenvalue weighted by Crippen LogP contribution is -2.34. The van der Waals surface area contributed by atoms with Crippen LogP contribution in [0.5, 0.6) is 0 Å². The fourth-order valence-electron chi connectivity index (χ4n) is 3.76. The molecule has 1 aliphatic heterocycles. The molecule has 0 radical (unpaired) electrons. The molecule has 0 saturated carbocycles. The molecule has 0 amide bonds. The number of nitrogens with one attached hydrogen (secondary N) is 1. The summed E-state index contributed by atoms with van der Waals surface area (Å²) >= 11 is 7.37. The summed E-state index contributed by atoms with van der Waals surface area (Å²) in [6.45, 7) is 1.90. The summed E-state index contributed by atoms with van der Waals surface area (Å²) < 4.78 is 58.2. The van der Waals surface area contributed by atoms with Crippen LogP contribution in [-0.2, 0) is 16.6 Å². The lowest BCUT2D eigenvalue weighted by atomic mass is 10.2. The van der Waals surface area contributed by atoms with Gasteiger partial charge in [0, 0.05) is 50.3 Å². The van der Waals surface area contributed by atoms with E-state index in [4.69, 9.17) is 11.6 Å². The van der Waals surface area contributed by atoms with Crippen molar-refractivity contribution in [2.45, 2.75) is 23.9 Å². The minimum absolute atomic E-state index is 0.0241. The zero-order chi connectivity index (χ0) is 22.9. The lowest BCUT2D eigenvalue weighted by molar-refractivity contribution is 0.324. The fraction of sp³-hybridized carbons (Fsp3) is 0.300. The van der Waals surface area contributed by atoms with Crippen molar-refractivity contribution in [3.8, 4) is 0 Å². The van der Waals surface area contributed by atoms with Crippen LogP contribution in [0.25, 0.3) is 0 Å². The molecule has 170 valence electrons. The monoisotopic (exact) mass is 499 g/mol. The van der Waals surface area contributed by atoms with Gasteiger partial charge in [0.25, 0.3) is 10.0 Å². The molecule has 0 unspecified atom stereocenters. The van der Waals surface area contributed by atoms with Crippen LogP contribution in [0, 0.1) is 11.6 Å². The van der Waals surface area contributed by atoms with Crippen molar-refractivity contribution in [3.63, 3.8) is 0 Å². The Morgan fingerprint density at radius 2 is 2.00 bits per heavy atom.